The van der Waals surface area contributed by atoms with Crippen molar-refractivity contribution in [3.05, 3.63) is 78.5 Å². The molecule has 2 amide bonds. The van der Waals surface area contributed by atoms with Gasteiger partial charge in [0.05, 0.1) is 42.5 Å². The first-order valence-corrected chi connectivity index (χ1v) is 16.3. The van der Waals surface area contributed by atoms with Gasteiger partial charge in [0.2, 0.25) is 5.91 Å². The fourth-order valence-corrected chi connectivity index (χ4v) is 6.51. The zero-order chi connectivity index (χ0) is 33.1. The first-order valence-electron chi connectivity index (χ1n) is 16.3. The Morgan fingerprint density at radius 2 is 1.68 bits per heavy atom. The molecular weight excluding hydrogens is 592 g/mol. The van der Waals surface area contributed by atoms with Crippen LogP contribution < -0.4 is 15.4 Å². The molecule has 0 saturated heterocycles. The number of hydrogen-bond acceptors (Lipinski definition) is 6. The lowest BCUT2D eigenvalue weighted by atomic mass is 9.98. The van der Waals surface area contributed by atoms with E-state index in [1.165, 1.54) is 7.11 Å². The first-order chi connectivity index (χ1) is 22.7. The van der Waals surface area contributed by atoms with E-state index >= 15 is 0 Å². The van der Waals surface area contributed by atoms with E-state index in [1.807, 2.05) is 33.8 Å². The number of imidazole rings is 2. The van der Waals surface area contributed by atoms with E-state index in [9.17, 15) is 9.59 Å². The quantitative estimate of drug-likeness (QED) is 0.129. The van der Waals surface area contributed by atoms with Crippen molar-refractivity contribution in [2.24, 2.45) is 5.92 Å². The molecule has 6 rings (SSSR count). The van der Waals surface area contributed by atoms with Gasteiger partial charge < -0.3 is 30.1 Å². The van der Waals surface area contributed by atoms with E-state index in [-0.39, 0.29) is 23.8 Å². The molecule has 1 fully saturated rings. The number of aryl methyl sites for hydroxylation is 1. The average Bonchev–Trinajstić information content (AvgIpc) is 3.82. The molecule has 0 aliphatic heterocycles. The summed E-state index contributed by atoms with van der Waals surface area (Å²) in [5.74, 6) is 1.46. The number of benzene rings is 3. The zero-order valence-corrected chi connectivity index (χ0v) is 27.5. The van der Waals surface area contributed by atoms with E-state index in [0.717, 1.165) is 81.1 Å². The van der Waals surface area contributed by atoms with Crippen LogP contribution in [0, 0.1) is 12.8 Å². The topological polar surface area (TPSA) is 134 Å². The summed E-state index contributed by atoms with van der Waals surface area (Å²) in [6.07, 6.45) is 3.85. The molecule has 0 radical (unpaired) electrons. The molecule has 1 saturated carbocycles. The summed E-state index contributed by atoms with van der Waals surface area (Å²) in [5, 5.41) is 5.84. The second-order valence-corrected chi connectivity index (χ2v) is 12.4. The number of hydrogen-bond donors (Lipinski definition) is 4. The van der Waals surface area contributed by atoms with Crippen LogP contribution in [0.25, 0.3) is 44.5 Å². The molecular formula is C37H42N6O4. The SMILES string of the molecule is CCOc1cc(-c2ccc(-c3ccc4nc([C@H]5CCCC5NC(=O)[C@@H](NC(=O)OC)C(C)C)[nH]c4c3)cc2)ccc1-c1[nH]cnc1C. The number of nitrogens with one attached hydrogen (secondary N) is 4. The number of nitrogens with zero attached hydrogens (tertiary/aromatic N) is 2. The molecule has 1 aliphatic carbocycles. The van der Waals surface area contributed by atoms with Crippen LogP contribution >= 0.6 is 0 Å². The summed E-state index contributed by atoms with van der Waals surface area (Å²) in [6, 6.07) is 20.3. The molecule has 10 nitrogen and oxygen atoms in total. The van der Waals surface area contributed by atoms with Gasteiger partial charge in [0.25, 0.3) is 0 Å². The summed E-state index contributed by atoms with van der Waals surface area (Å²) >= 11 is 0. The van der Waals surface area contributed by atoms with Crippen LogP contribution in [0.4, 0.5) is 4.79 Å². The number of amides is 2. The van der Waals surface area contributed by atoms with Crippen LogP contribution in [0.3, 0.4) is 0 Å². The van der Waals surface area contributed by atoms with E-state index in [1.54, 1.807) is 6.33 Å². The zero-order valence-electron chi connectivity index (χ0n) is 27.5. The Balaban J connectivity index is 1.19. The third-order valence-electron chi connectivity index (χ3n) is 9.03. The minimum atomic E-state index is -0.675. The van der Waals surface area contributed by atoms with E-state index in [4.69, 9.17) is 14.5 Å². The van der Waals surface area contributed by atoms with Gasteiger partial charge in [-0.25, -0.2) is 14.8 Å². The van der Waals surface area contributed by atoms with Gasteiger partial charge in [-0.3, -0.25) is 4.79 Å². The van der Waals surface area contributed by atoms with Crippen molar-refractivity contribution in [1.29, 1.82) is 0 Å². The van der Waals surface area contributed by atoms with Crippen molar-refractivity contribution in [2.45, 2.75) is 65.0 Å². The highest BCUT2D eigenvalue weighted by atomic mass is 16.5. The molecule has 3 aromatic carbocycles. The molecule has 47 heavy (non-hydrogen) atoms. The number of carbonyl (C=O) groups is 2. The van der Waals surface area contributed by atoms with Gasteiger partial charge in [-0.05, 0) is 79.1 Å². The third kappa shape index (κ3) is 6.72. The molecule has 3 atom stereocenters. The lowest BCUT2D eigenvalue weighted by Crippen LogP contribution is -2.52. The Hall–Kier alpha value is -5.12. The highest BCUT2D eigenvalue weighted by molar-refractivity contribution is 5.86. The van der Waals surface area contributed by atoms with Gasteiger partial charge in [-0.15, -0.1) is 0 Å². The number of carbonyl (C=O) groups excluding carboxylic acids is 2. The number of aromatic amines is 2. The Kier molecular flexibility index (Phi) is 9.29. The van der Waals surface area contributed by atoms with Crippen LogP contribution in [0.2, 0.25) is 0 Å². The Morgan fingerprint density at radius 3 is 2.34 bits per heavy atom. The molecule has 2 aromatic heterocycles. The molecule has 244 valence electrons. The van der Waals surface area contributed by atoms with Crippen LogP contribution in [0.15, 0.2) is 67.0 Å². The van der Waals surface area contributed by atoms with Crippen molar-refractivity contribution in [3.63, 3.8) is 0 Å². The number of aromatic nitrogens is 4. The number of fused-ring (bicyclic) bond motifs is 1. The summed E-state index contributed by atoms with van der Waals surface area (Å²) in [6.45, 7) is 8.34. The number of methoxy groups -OCH3 is 1. The number of ether oxygens (including phenoxy) is 2. The lowest BCUT2D eigenvalue weighted by Gasteiger charge is -2.25. The van der Waals surface area contributed by atoms with Gasteiger partial charge in [0, 0.05) is 17.5 Å². The first kappa shape index (κ1) is 31.8. The predicted octanol–water partition coefficient (Wildman–Crippen LogP) is 7.13. The maximum atomic E-state index is 13.2. The lowest BCUT2D eigenvalue weighted by molar-refractivity contribution is -0.124. The highest BCUT2D eigenvalue weighted by Gasteiger charge is 2.35. The molecule has 0 bridgehead atoms. The molecule has 5 aromatic rings. The summed E-state index contributed by atoms with van der Waals surface area (Å²) in [7, 11) is 1.29. The van der Waals surface area contributed by atoms with Crippen molar-refractivity contribution < 1.29 is 19.1 Å². The molecule has 1 aliphatic rings. The molecule has 10 heteroatoms. The van der Waals surface area contributed by atoms with Gasteiger partial charge >= 0.3 is 6.09 Å². The fourth-order valence-electron chi connectivity index (χ4n) is 6.51. The molecule has 2 heterocycles. The summed E-state index contributed by atoms with van der Waals surface area (Å²) < 4.78 is 10.7. The standard InChI is InChI=1S/C37H42N6O4/c1-6-47-32-19-26(14-16-28(32)34-22(4)38-20-39-34)24-12-10-23(11-13-24)25-15-17-30-31(18-25)41-35(40-30)27-8-7-9-29(27)42-36(44)33(21(2)3)43-37(45)46-5/h10-21,27,29,33H,6-9H2,1-5H3,(H,38,39)(H,40,41)(H,42,44)(H,43,45)/t27-,29?,33-/m0/s1. The maximum Gasteiger partial charge on any atom is 0.407 e. The summed E-state index contributed by atoms with van der Waals surface area (Å²) in [5.41, 5.74) is 9.11. The average molecular weight is 635 g/mol. The largest absolute Gasteiger partial charge is 0.493 e. The fraction of sp³-hybridized carbons (Fsp3) is 0.351. The Morgan fingerprint density at radius 1 is 0.979 bits per heavy atom. The Labute approximate surface area is 274 Å². The van der Waals surface area contributed by atoms with Gasteiger partial charge in [0.15, 0.2) is 0 Å². The third-order valence-corrected chi connectivity index (χ3v) is 9.03. The van der Waals surface area contributed by atoms with Gasteiger partial charge in [0.1, 0.15) is 17.6 Å². The number of H-pyrrole nitrogens is 2. The van der Waals surface area contributed by atoms with Crippen LogP contribution in [0.5, 0.6) is 5.75 Å². The maximum absolute atomic E-state index is 13.2. The van der Waals surface area contributed by atoms with Gasteiger partial charge in [-0.1, -0.05) is 56.7 Å². The van der Waals surface area contributed by atoms with E-state index in [0.29, 0.717) is 6.61 Å². The monoisotopic (exact) mass is 634 g/mol. The number of rotatable bonds is 10. The predicted molar refractivity (Wildman–Crippen MR) is 183 cm³/mol. The van der Waals surface area contributed by atoms with Crippen LogP contribution in [-0.2, 0) is 9.53 Å². The minimum absolute atomic E-state index is 0.0603. The van der Waals surface area contributed by atoms with Crippen LogP contribution in [0.1, 0.15) is 57.5 Å². The molecule has 0 spiro atoms. The van der Waals surface area contributed by atoms with Crippen molar-refractivity contribution in [3.8, 4) is 39.3 Å². The number of alkyl carbamates (subject to hydrolysis) is 1. The second-order valence-electron chi connectivity index (χ2n) is 12.4. The minimum Gasteiger partial charge on any atom is -0.493 e. The highest BCUT2D eigenvalue weighted by Crippen LogP contribution is 2.37. The molecule has 1 unspecified atom stereocenters. The smallest absolute Gasteiger partial charge is 0.407 e. The van der Waals surface area contributed by atoms with Crippen molar-refractivity contribution in [2.75, 3.05) is 13.7 Å². The van der Waals surface area contributed by atoms with Crippen molar-refractivity contribution >= 4 is 23.0 Å². The Bertz CT molecular complexity index is 1880. The molecule has 4 N–H and O–H groups in total. The van der Waals surface area contributed by atoms with Gasteiger partial charge in [-0.2, -0.15) is 0 Å². The van der Waals surface area contributed by atoms with Crippen molar-refractivity contribution in [1.82, 2.24) is 30.6 Å². The second kappa shape index (κ2) is 13.7. The summed E-state index contributed by atoms with van der Waals surface area (Å²) in [4.78, 5) is 41.0. The van der Waals surface area contributed by atoms with E-state index in [2.05, 4.69) is 80.2 Å². The normalized spacial score (nSPS) is 16.7. The van der Waals surface area contributed by atoms with Crippen LogP contribution in [-0.4, -0.2) is 57.7 Å². The van der Waals surface area contributed by atoms with E-state index < -0.39 is 12.1 Å².